The zero-order chi connectivity index (χ0) is 35.0. The van der Waals surface area contributed by atoms with Crippen LogP contribution in [0.1, 0.15) is 194 Å². The molecule has 0 aromatic carbocycles. The Kier molecular flexibility index (Phi) is 37.5. The predicted octanol–water partition coefficient (Wildman–Crippen LogP) is 12.6. The normalized spacial score (nSPS) is 12.6. The van der Waals surface area contributed by atoms with E-state index in [1.807, 2.05) is 0 Å². The van der Waals surface area contributed by atoms with E-state index in [0.29, 0.717) is 12.8 Å². The molecule has 0 radical (unpaired) electrons. The molecular formula is C43H76O5. The summed E-state index contributed by atoms with van der Waals surface area (Å²) in [5, 5.41) is 9.55. The van der Waals surface area contributed by atoms with E-state index in [1.54, 1.807) is 0 Å². The van der Waals surface area contributed by atoms with Crippen molar-refractivity contribution in [2.75, 3.05) is 13.2 Å². The number of aliphatic hydroxyl groups excluding tert-OH is 1. The second-order valence-electron chi connectivity index (χ2n) is 13.4. The zero-order valence-electron chi connectivity index (χ0n) is 31.5. The third-order valence-electron chi connectivity index (χ3n) is 8.63. The van der Waals surface area contributed by atoms with Crippen molar-refractivity contribution < 1.29 is 24.2 Å². The SMILES string of the molecule is CCCCC/C=C/C/C=C/C/C=C/C/C=C/CCCC(=O)O[C@@H](CO)COC(=O)CCCCCCCCCCCCCCCCCCC. The topological polar surface area (TPSA) is 72.8 Å². The van der Waals surface area contributed by atoms with Gasteiger partial charge in [-0.1, -0.05) is 178 Å². The number of allylic oxidation sites excluding steroid dienone is 8. The molecule has 0 aliphatic rings. The van der Waals surface area contributed by atoms with Crippen molar-refractivity contribution in [2.45, 2.75) is 200 Å². The third-order valence-corrected chi connectivity index (χ3v) is 8.63. The van der Waals surface area contributed by atoms with E-state index in [-0.39, 0.29) is 31.6 Å². The van der Waals surface area contributed by atoms with Gasteiger partial charge in [-0.05, 0) is 51.4 Å². The molecule has 0 unspecified atom stereocenters. The molecule has 0 aliphatic heterocycles. The van der Waals surface area contributed by atoms with Gasteiger partial charge in [-0.15, -0.1) is 0 Å². The number of aliphatic hydroxyl groups is 1. The minimum absolute atomic E-state index is 0.0861. The van der Waals surface area contributed by atoms with Crippen molar-refractivity contribution >= 4 is 11.9 Å². The van der Waals surface area contributed by atoms with Crippen LogP contribution in [0.4, 0.5) is 0 Å². The fourth-order valence-electron chi connectivity index (χ4n) is 5.55. The monoisotopic (exact) mass is 673 g/mol. The molecule has 0 saturated carbocycles. The van der Waals surface area contributed by atoms with Gasteiger partial charge in [-0.25, -0.2) is 0 Å². The molecule has 48 heavy (non-hydrogen) atoms. The Morgan fingerprint density at radius 3 is 1.31 bits per heavy atom. The smallest absolute Gasteiger partial charge is 0.306 e. The van der Waals surface area contributed by atoms with Crippen LogP contribution in [0.5, 0.6) is 0 Å². The first kappa shape index (κ1) is 45.9. The largest absolute Gasteiger partial charge is 0.462 e. The highest BCUT2D eigenvalue weighted by Gasteiger charge is 2.15. The number of ether oxygens (including phenoxy) is 2. The van der Waals surface area contributed by atoms with E-state index in [2.05, 4.69) is 62.5 Å². The number of carbonyl (C=O) groups excluding carboxylic acids is 2. The molecule has 5 heteroatoms. The Balaban J connectivity index is 3.63. The molecular weight excluding hydrogens is 596 g/mol. The van der Waals surface area contributed by atoms with Gasteiger partial charge >= 0.3 is 11.9 Å². The van der Waals surface area contributed by atoms with Crippen LogP contribution < -0.4 is 0 Å². The highest BCUT2D eigenvalue weighted by molar-refractivity contribution is 5.70. The summed E-state index contributed by atoms with van der Waals surface area (Å²) >= 11 is 0. The third kappa shape index (κ3) is 36.7. The van der Waals surface area contributed by atoms with Crippen molar-refractivity contribution in [1.29, 1.82) is 0 Å². The number of carbonyl (C=O) groups is 2. The molecule has 0 saturated heterocycles. The Morgan fingerprint density at radius 2 is 0.854 bits per heavy atom. The first-order valence-corrected chi connectivity index (χ1v) is 20.2. The number of esters is 2. The average molecular weight is 673 g/mol. The maximum Gasteiger partial charge on any atom is 0.306 e. The van der Waals surface area contributed by atoms with Gasteiger partial charge in [-0.2, -0.15) is 0 Å². The van der Waals surface area contributed by atoms with Gasteiger partial charge in [0.1, 0.15) is 6.61 Å². The summed E-state index contributed by atoms with van der Waals surface area (Å²) in [4.78, 5) is 24.2. The molecule has 0 aromatic rings. The summed E-state index contributed by atoms with van der Waals surface area (Å²) in [5.74, 6) is -0.653. The molecule has 0 spiro atoms. The van der Waals surface area contributed by atoms with Gasteiger partial charge < -0.3 is 14.6 Å². The molecule has 0 rings (SSSR count). The van der Waals surface area contributed by atoms with Crippen molar-refractivity contribution in [3.05, 3.63) is 48.6 Å². The van der Waals surface area contributed by atoms with Gasteiger partial charge in [0.25, 0.3) is 0 Å². The Labute approximate surface area is 297 Å². The van der Waals surface area contributed by atoms with Gasteiger partial charge in [0.15, 0.2) is 6.10 Å². The summed E-state index contributed by atoms with van der Waals surface area (Å²) < 4.78 is 10.6. The average Bonchev–Trinajstić information content (AvgIpc) is 3.09. The Hall–Kier alpha value is -2.14. The summed E-state index contributed by atoms with van der Waals surface area (Å²) in [6.45, 7) is 4.07. The van der Waals surface area contributed by atoms with Crippen molar-refractivity contribution in [3.63, 3.8) is 0 Å². The first-order valence-electron chi connectivity index (χ1n) is 20.2. The minimum atomic E-state index is -0.798. The zero-order valence-corrected chi connectivity index (χ0v) is 31.5. The highest BCUT2D eigenvalue weighted by atomic mass is 16.6. The quantitative estimate of drug-likeness (QED) is 0.0407. The molecule has 278 valence electrons. The molecule has 0 heterocycles. The molecule has 1 N–H and O–H groups in total. The van der Waals surface area contributed by atoms with Gasteiger partial charge in [0, 0.05) is 12.8 Å². The van der Waals surface area contributed by atoms with Crippen LogP contribution in [0, 0.1) is 0 Å². The molecule has 5 nitrogen and oxygen atoms in total. The summed E-state index contributed by atoms with van der Waals surface area (Å²) in [6.07, 6.45) is 48.9. The lowest BCUT2D eigenvalue weighted by Crippen LogP contribution is -2.28. The fourth-order valence-corrected chi connectivity index (χ4v) is 5.55. The fraction of sp³-hybridized carbons (Fsp3) is 0.767. The van der Waals surface area contributed by atoms with Crippen molar-refractivity contribution in [1.82, 2.24) is 0 Å². The van der Waals surface area contributed by atoms with Crippen LogP contribution in [-0.2, 0) is 19.1 Å². The van der Waals surface area contributed by atoms with Crippen molar-refractivity contribution in [3.8, 4) is 0 Å². The summed E-state index contributed by atoms with van der Waals surface area (Å²) in [6, 6.07) is 0. The van der Waals surface area contributed by atoms with E-state index in [4.69, 9.17) is 9.47 Å². The van der Waals surface area contributed by atoms with Gasteiger partial charge in [0.2, 0.25) is 0 Å². The van der Waals surface area contributed by atoms with Crippen LogP contribution >= 0.6 is 0 Å². The second kappa shape index (κ2) is 39.3. The standard InChI is InChI=1S/C43H76O5/c1-3-5-7-9-11-13-15-17-19-21-23-25-27-29-31-33-35-37-42(45)47-40-41(39-44)48-43(46)38-36-34-32-30-28-26-24-22-20-18-16-14-12-10-8-6-4-2/h12,14,18,20,24,26,30,32,41,44H,3-11,13,15-17,19,21-23,25,27-29,31,33-40H2,1-2H3/b14-12+,20-18+,26-24+,32-30+/t41-/m0/s1. The van der Waals surface area contributed by atoms with Crippen LogP contribution in [0.2, 0.25) is 0 Å². The molecule has 0 aliphatic carbocycles. The first-order chi connectivity index (χ1) is 23.6. The van der Waals surface area contributed by atoms with Crippen LogP contribution in [-0.4, -0.2) is 36.4 Å². The molecule has 1 atom stereocenters. The summed E-state index contributed by atoms with van der Waals surface area (Å²) in [7, 11) is 0. The van der Waals surface area contributed by atoms with Gasteiger partial charge in [-0.3, -0.25) is 9.59 Å². The van der Waals surface area contributed by atoms with E-state index in [0.717, 1.165) is 44.9 Å². The Bertz CT molecular complexity index is 812. The van der Waals surface area contributed by atoms with E-state index < -0.39 is 6.10 Å². The number of hydrogen-bond donors (Lipinski definition) is 1. The van der Waals surface area contributed by atoms with Crippen LogP contribution in [0.3, 0.4) is 0 Å². The number of rotatable bonds is 36. The predicted molar refractivity (Wildman–Crippen MR) is 205 cm³/mol. The maximum atomic E-state index is 12.1. The molecule has 0 bridgehead atoms. The number of hydrogen-bond acceptors (Lipinski definition) is 5. The molecule has 0 amide bonds. The van der Waals surface area contributed by atoms with E-state index in [9.17, 15) is 14.7 Å². The highest BCUT2D eigenvalue weighted by Crippen LogP contribution is 2.14. The second-order valence-corrected chi connectivity index (χ2v) is 13.4. The lowest BCUT2D eigenvalue weighted by molar-refractivity contribution is -0.161. The van der Waals surface area contributed by atoms with Crippen LogP contribution in [0.15, 0.2) is 48.6 Å². The van der Waals surface area contributed by atoms with Crippen LogP contribution in [0.25, 0.3) is 0 Å². The minimum Gasteiger partial charge on any atom is -0.462 e. The maximum absolute atomic E-state index is 12.1. The molecule has 0 fully saturated rings. The number of unbranched alkanes of at least 4 members (excludes halogenated alkanes) is 20. The van der Waals surface area contributed by atoms with E-state index in [1.165, 1.54) is 116 Å². The lowest BCUT2D eigenvalue weighted by atomic mass is 10.0. The van der Waals surface area contributed by atoms with Crippen molar-refractivity contribution in [2.24, 2.45) is 0 Å². The Morgan fingerprint density at radius 1 is 0.479 bits per heavy atom. The molecule has 0 aromatic heterocycles. The van der Waals surface area contributed by atoms with Gasteiger partial charge in [0.05, 0.1) is 6.61 Å². The van der Waals surface area contributed by atoms with E-state index >= 15 is 0 Å². The lowest BCUT2D eigenvalue weighted by Gasteiger charge is -2.15. The summed E-state index contributed by atoms with van der Waals surface area (Å²) in [5.41, 5.74) is 0.